The maximum atomic E-state index is 12.4. The fraction of sp³-hybridized carbons (Fsp3) is 0.318. The molecule has 0 heterocycles. The zero-order valence-corrected chi connectivity index (χ0v) is 18.5. The molecule has 0 bridgehead atoms. The molecule has 0 aliphatic rings. The van der Waals surface area contributed by atoms with Gasteiger partial charge in [-0.1, -0.05) is 30.1 Å². The van der Waals surface area contributed by atoms with Crippen LogP contribution >= 0.6 is 23.2 Å². The summed E-state index contributed by atoms with van der Waals surface area (Å²) in [4.78, 5) is 37.9. The molecular formula is C22H25Cl2N3O3. The van der Waals surface area contributed by atoms with Gasteiger partial charge >= 0.3 is 0 Å². The summed E-state index contributed by atoms with van der Waals surface area (Å²) in [6, 6.07) is 11.6. The molecule has 2 aromatic carbocycles. The first-order valence-corrected chi connectivity index (χ1v) is 10.4. The van der Waals surface area contributed by atoms with Gasteiger partial charge in [0.25, 0.3) is 0 Å². The molecule has 2 aromatic rings. The van der Waals surface area contributed by atoms with Crippen LogP contribution in [0.5, 0.6) is 0 Å². The zero-order valence-electron chi connectivity index (χ0n) is 17.0. The van der Waals surface area contributed by atoms with Crippen LogP contribution in [0.1, 0.15) is 37.0 Å². The molecule has 2 amide bonds. The molecule has 0 spiro atoms. The smallest absolute Gasteiger partial charge is 0.238 e. The fourth-order valence-electron chi connectivity index (χ4n) is 2.84. The van der Waals surface area contributed by atoms with Crippen LogP contribution in [0, 0.1) is 0 Å². The number of nitrogens with zero attached hydrogens (tertiary/aromatic N) is 1. The molecule has 0 unspecified atom stereocenters. The fourth-order valence-corrected chi connectivity index (χ4v) is 3.30. The van der Waals surface area contributed by atoms with Crippen molar-refractivity contribution in [3.63, 3.8) is 0 Å². The molecule has 2 rings (SSSR count). The molecule has 0 atom stereocenters. The van der Waals surface area contributed by atoms with E-state index in [9.17, 15) is 14.4 Å². The zero-order chi connectivity index (χ0) is 22.1. The second kappa shape index (κ2) is 11.7. The highest BCUT2D eigenvalue weighted by molar-refractivity contribution is 6.36. The van der Waals surface area contributed by atoms with Crippen molar-refractivity contribution < 1.29 is 14.4 Å². The average molecular weight is 450 g/mol. The second-order valence-electron chi connectivity index (χ2n) is 6.88. The summed E-state index contributed by atoms with van der Waals surface area (Å²) in [7, 11) is 0. The van der Waals surface area contributed by atoms with Crippen molar-refractivity contribution in [3.8, 4) is 0 Å². The Morgan fingerprint density at radius 3 is 2.23 bits per heavy atom. The number of ketones is 1. The molecule has 0 fully saturated rings. The van der Waals surface area contributed by atoms with Gasteiger partial charge in [0.1, 0.15) is 0 Å². The Bertz CT molecular complexity index is 901. The monoisotopic (exact) mass is 449 g/mol. The van der Waals surface area contributed by atoms with Crippen molar-refractivity contribution in [2.24, 2.45) is 0 Å². The number of benzene rings is 2. The van der Waals surface area contributed by atoms with Gasteiger partial charge in [0.2, 0.25) is 11.8 Å². The highest BCUT2D eigenvalue weighted by Gasteiger charge is 2.14. The summed E-state index contributed by atoms with van der Waals surface area (Å²) in [6.45, 7) is 4.77. The van der Waals surface area contributed by atoms with Gasteiger partial charge in [-0.3, -0.25) is 19.3 Å². The van der Waals surface area contributed by atoms with E-state index in [1.807, 2.05) is 11.8 Å². The highest BCUT2D eigenvalue weighted by atomic mass is 35.5. The number of anilines is 2. The Kier molecular flexibility index (Phi) is 9.30. The van der Waals surface area contributed by atoms with Crippen molar-refractivity contribution in [2.75, 3.05) is 30.3 Å². The first kappa shape index (κ1) is 23.9. The van der Waals surface area contributed by atoms with Crippen molar-refractivity contribution in [2.45, 2.75) is 26.7 Å². The van der Waals surface area contributed by atoms with E-state index in [2.05, 4.69) is 10.6 Å². The third-order valence-corrected chi connectivity index (χ3v) is 4.89. The van der Waals surface area contributed by atoms with Gasteiger partial charge in [0.05, 0.1) is 17.3 Å². The Morgan fingerprint density at radius 1 is 0.933 bits per heavy atom. The minimum Gasteiger partial charge on any atom is -0.326 e. The summed E-state index contributed by atoms with van der Waals surface area (Å²) < 4.78 is 0. The maximum absolute atomic E-state index is 12.4. The van der Waals surface area contributed by atoms with E-state index in [1.165, 1.54) is 6.92 Å². The third kappa shape index (κ3) is 7.78. The summed E-state index contributed by atoms with van der Waals surface area (Å²) in [5.41, 5.74) is 1.71. The van der Waals surface area contributed by atoms with Crippen LogP contribution in [0.2, 0.25) is 10.0 Å². The lowest BCUT2D eigenvalue weighted by Crippen LogP contribution is -2.36. The molecule has 8 heteroatoms. The van der Waals surface area contributed by atoms with Crippen LogP contribution in [0.3, 0.4) is 0 Å². The Balaban J connectivity index is 1.85. The number of halogens is 2. The van der Waals surface area contributed by atoms with E-state index in [0.29, 0.717) is 40.1 Å². The van der Waals surface area contributed by atoms with Gasteiger partial charge in [-0.25, -0.2) is 0 Å². The van der Waals surface area contributed by atoms with Crippen LogP contribution < -0.4 is 10.6 Å². The van der Waals surface area contributed by atoms with Crippen LogP contribution in [0.4, 0.5) is 11.4 Å². The number of carbonyl (C=O) groups excluding carboxylic acids is 3. The molecule has 0 aliphatic heterocycles. The van der Waals surface area contributed by atoms with Crippen LogP contribution in [-0.2, 0) is 9.59 Å². The van der Waals surface area contributed by atoms with Crippen molar-refractivity contribution >= 4 is 52.2 Å². The topological polar surface area (TPSA) is 78.5 Å². The number of carbonyl (C=O) groups is 3. The lowest BCUT2D eigenvalue weighted by Gasteiger charge is -2.21. The van der Waals surface area contributed by atoms with E-state index in [4.69, 9.17) is 23.2 Å². The van der Waals surface area contributed by atoms with Crippen LogP contribution in [-0.4, -0.2) is 42.1 Å². The summed E-state index contributed by atoms with van der Waals surface area (Å²) in [5, 5.41) is 6.43. The Labute approximate surface area is 186 Å². The molecular weight excluding hydrogens is 425 g/mol. The van der Waals surface area contributed by atoms with E-state index in [0.717, 1.165) is 6.42 Å². The Morgan fingerprint density at radius 2 is 1.63 bits per heavy atom. The van der Waals surface area contributed by atoms with E-state index < -0.39 is 0 Å². The minimum absolute atomic E-state index is 0.0266. The van der Waals surface area contributed by atoms with Gasteiger partial charge < -0.3 is 10.6 Å². The van der Waals surface area contributed by atoms with Gasteiger partial charge in [-0.15, -0.1) is 0 Å². The highest BCUT2D eigenvalue weighted by Crippen LogP contribution is 2.25. The lowest BCUT2D eigenvalue weighted by atomic mass is 10.1. The second-order valence-corrected chi connectivity index (χ2v) is 7.72. The quantitative estimate of drug-likeness (QED) is 0.506. The number of nitrogens with one attached hydrogen (secondary N) is 2. The summed E-state index contributed by atoms with van der Waals surface area (Å²) in [6.07, 6.45) is 1.09. The molecule has 0 aliphatic carbocycles. The van der Waals surface area contributed by atoms with Crippen molar-refractivity contribution in [3.05, 3.63) is 58.1 Å². The molecule has 0 saturated heterocycles. The molecule has 6 nitrogen and oxygen atoms in total. The molecule has 0 aromatic heterocycles. The number of amides is 2. The molecule has 0 radical (unpaired) electrons. The van der Waals surface area contributed by atoms with Crippen molar-refractivity contribution in [1.29, 1.82) is 0 Å². The number of Topliss-reactive ketones (excluding diaryl/α,β-unsaturated/α-hetero) is 1. The number of hydrogen-bond acceptors (Lipinski definition) is 4. The van der Waals surface area contributed by atoms with Crippen LogP contribution in [0.15, 0.2) is 42.5 Å². The minimum atomic E-state index is -0.215. The van der Waals surface area contributed by atoms with Gasteiger partial charge in [0, 0.05) is 29.2 Å². The SMILES string of the molecule is CCCN(CCC(=O)Nc1ccc(C(C)=O)cc1)CC(=O)Nc1ccc(Cl)cc1Cl. The van der Waals surface area contributed by atoms with Crippen molar-refractivity contribution in [1.82, 2.24) is 4.90 Å². The summed E-state index contributed by atoms with van der Waals surface area (Å²) in [5.74, 6) is -0.401. The van der Waals surface area contributed by atoms with E-state index in [1.54, 1.807) is 42.5 Å². The van der Waals surface area contributed by atoms with Crippen LogP contribution in [0.25, 0.3) is 0 Å². The first-order valence-electron chi connectivity index (χ1n) is 9.66. The van der Waals surface area contributed by atoms with E-state index in [-0.39, 0.29) is 30.6 Å². The third-order valence-electron chi connectivity index (χ3n) is 4.34. The van der Waals surface area contributed by atoms with Gasteiger partial charge in [-0.05, 0) is 62.4 Å². The first-order chi connectivity index (χ1) is 14.3. The van der Waals surface area contributed by atoms with Gasteiger partial charge in [0.15, 0.2) is 5.78 Å². The normalized spacial score (nSPS) is 10.7. The predicted molar refractivity (Wildman–Crippen MR) is 122 cm³/mol. The molecule has 0 saturated carbocycles. The maximum Gasteiger partial charge on any atom is 0.238 e. The molecule has 160 valence electrons. The predicted octanol–water partition coefficient (Wildman–Crippen LogP) is 4.88. The van der Waals surface area contributed by atoms with E-state index >= 15 is 0 Å². The van der Waals surface area contributed by atoms with Gasteiger partial charge in [-0.2, -0.15) is 0 Å². The number of rotatable bonds is 10. The molecule has 30 heavy (non-hydrogen) atoms. The Hall–Kier alpha value is -2.41. The number of hydrogen-bond donors (Lipinski definition) is 2. The molecule has 2 N–H and O–H groups in total. The average Bonchev–Trinajstić information content (AvgIpc) is 2.69. The summed E-state index contributed by atoms with van der Waals surface area (Å²) >= 11 is 12.0. The largest absolute Gasteiger partial charge is 0.326 e. The standard InChI is InChI=1S/C22H25Cl2N3O3/c1-3-11-27(14-22(30)26-20-9-6-17(23)13-19(20)24)12-10-21(29)25-18-7-4-16(5-8-18)15(2)28/h4-9,13H,3,10-12,14H2,1-2H3,(H,25,29)(H,26,30). The lowest BCUT2D eigenvalue weighted by molar-refractivity contribution is -0.119.